The van der Waals surface area contributed by atoms with Gasteiger partial charge in [0.1, 0.15) is 0 Å². The van der Waals surface area contributed by atoms with Crippen molar-refractivity contribution in [3.05, 3.63) is 57.2 Å². The highest BCUT2D eigenvalue weighted by atomic mass is 35.5. The highest BCUT2D eigenvalue weighted by Crippen LogP contribution is 2.41. The zero-order valence-electron chi connectivity index (χ0n) is 13.8. The lowest BCUT2D eigenvalue weighted by Gasteiger charge is -2.19. The molecule has 26 heavy (non-hydrogen) atoms. The third kappa shape index (κ3) is 2.79. The number of hydrogen-bond acceptors (Lipinski definition) is 1. The quantitative estimate of drug-likeness (QED) is 0.528. The number of rotatable bonds is 1. The highest BCUT2D eigenvalue weighted by molar-refractivity contribution is 6.32. The van der Waals surface area contributed by atoms with Crippen LogP contribution in [0.3, 0.4) is 0 Å². The summed E-state index contributed by atoms with van der Waals surface area (Å²) in [6.45, 7) is 4.32. The number of benzene rings is 2. The molecule has 0 saturated carbocycles. The normalized spacial score (nSPS) is 14.7. The van der Waals surface area contributed by atoms with Crippen LogP contribution < -0.4 is 5.32 Å². The van der Waals surface area contributed by atoms with Crippen molar-refractivity contribution in [3.63, 3.8) is 0 Å². The molecule has 1 aliphatic heterocycles. The fourth-order valence-corrected chi connectivity index (χ4v) is 4.11. The Bertz CT molecular complexity index is 1020. The molecular weight excluding hydrogens is 384 g/mol. The molecule has 7 heteroatoms. The van der Waals surface area contributed by atoms with Crippen molar-refractivity contribution in [1.29, 1.82) is 0 Å². The van der Waals surface area contributed by atoms with Crippen LogP contribution in [0.5, 0.6) is 0 Å². The predicted molar refractivity (Wildman–Crippen MR) is 98.8 cm³/mol. The van der Waals surface area contributed by atoms with Gasteiger partial charge in [-0.15, -0.1) is 0 Å². The van der Waals surface area contributed by atoms with Gasteiger partial charge in [0, 0.05) is 41.3 Å². The number of nitrogens with zero attached hydrogens (tertiary/aromatic N) is 1. The van der Waals surface area contributed by atoms with Gasteiger partial charge in [-0.2, -0.15) is 13.2 Å². The molecule has 3 aromatic rings. The molecule has 1 aromatic heterocycles. The molecule has 0 unspecified atom stereocenters. The monoisotopic (exact) mass is 398 g/mol. The number of alkyl halides is 3. The molecule has 0 saturated heterocycles. The van der Waals surface area contributed by atoms with Crippen molar-refractivity contribution in [1.82, 2.24) is 9.88 Å². The lowest BCUT2D eigenvalue weighted by molar-refractivity contribution is -0.137. The van der Waals surface area contributed by atoms with E-state index in [4.69, 9.17) is 23.2 Å². The SMILES string of the molecule is Cc1c2n(c3c(-c4ccc(Cl)c(C(F)(F)F)c4)cc(Cl)cc13)CCNC2. The van der Waals surface area contributed by atoms with E-state index in [-0.39, 0.29) is 5.02 Å². The summed E-state index contributed by atoms with van der Waals surface area (Å²) in [4.78, 5) is 0. The van der Waals surface area contributed by atoms with Crippen molar-refractivity contribution in [3.8, 4) is 11.1 Å². The minimum atomic E-state index is -4.51. The Morgan fingerprint density at radius 2 is 1.88 bits per heavy atom. The van der Waals surface area contributed by atoms with Crippen molar-refractivity contribution in [2.24, 2.45) is 0 Å². The summed E-state index contributed by atoms with van der Waals surface area (Å²) in [5, 5.41) is 4.49. The molecule has 2 nitrogen and oxygen atoms in total. The molecule has 2 aromatic carbocycles. The fraction of sp³-hybridized carbons (Fsp3) is 0.263. The first-order valence-corrected chi connectivity index (χ1v) is 8.92. The Kier molecular flexibility index (Phi) is 4.21. The first-order chi connectivity index (χ1) is 12.3. The number of nitrogens with one attached hydrogen (secondary N) is 1. The number of fused-ring (bicyclic) bond motifs is 3. The Labute approximate surface area is 158 Å². The van der Waals surface area contributed by atoms with Gasteiger partial charge >= 0.3 is 6.18 Å². The molecule has 0 amide bonds. The maximum absolute atomic E-state index is 13.3. The van der Waals surface area contributed by atoms with Gasteiger partial charge in [0.15, 0.2) is 0 Å². The van der Waals surface area contributed by atoms with Crippen molar-refractivity contribution >= 4 is 34.1 Å². The lowest BCUT2D eigenvalue weighted by atomic mass is 9.99. The molecule has 1 aliphatic rings. The van der Waals surface area contributed by atoms with Crippen molar-refractivity contribution < 1.29 is 13.2 Å². The number of aromatic nitrogens is 1. The van der Waals surface area contributed by atoms with Gasteiger partial charge in [0.25, 0.3) is 0 Å². The Hall–Kier alpha value is -1.69. The summed E-state index contributed by atoms with van der Waals surface area (Å²) >= 11 is 12.1. The van der Waals surface area contributed by atoms with Crippen LogP contribution in [0.2, 0.25) is 10.0 Å². The van der Waals surface area contributed by atoms with Gasteiger partial charge < -0.3 is 9.88 Å². The van der Waals surface area contributed by atoms with E-state index < -0.39 is 11.7 Å². The van der Waals surface area contributed by atoms with Crippen molar-refractivity contribution in [2.75, 3.05) is 6.54 Å². The molecule has 1 N–H and O–H groups in total. The molecule has 0 spiro atoms. The van der Waals surface area contributed by atoms with E-state index in [0.29, 0.717) is 16.1 Å². The van der Waals surface area contributed by atoms with E-state index >= 15 is 0 Å². The van der Waals surface area contributed by atoms with Crippen LogP contribution in [-0.4, -0.2) is 11.1 Å². The second-order valence-electron chi connectivity index (χ2n) is 6.44. The first-order valence-electron chi connectivity index (χ1n) is 8.16. The average Bonchev–Trinajstić information content (AvgIpc) is 2.87. The van der Waals surface area contributed by atoms with Gasteiger partial charge in [0.05, 0.1) is 16.1 Å². The number of halogens is 5. The topological polar surface area (TPSA) is 17.0 Å². The van der Waals surface area contributed by atoms with E-state index in [1.165, 1.54) is 6.07 Å². The third-order valence-electron chi connectivity index (χ3n) is 4.89. The zero-order chi connectivity index (χ0) is 18.6. The van der Waals surface area contributed by atoms with E-state index in [9.17, 15) is 13.2 Å². The zero-order valence-corrected chi connectivity index (χ0v) is 15.4. The molecule has 0 bridgehead atoms. The molecule has 0 radical (unpaired) electrons. The van der Waals surface area contributed by atoms with Crippen LogP contribution in [0, 0.1) is 6.92 Å². The second-order valence-corrected chi connectivity index (χ2v) is 7.29. The van der Waals surface area contributed by atoms with Gasteiger partial charge in [-0.25, -0.2) is 0 Å². The van der Waals surface area contributed by atoms with Crippen LogP contribution in [0.25, 0.3) is 22.0 Å². The summed E-state index contributed by atoms with van der Waals surface area (Å²) in [5.41, 5.74) is 3.45. The predicted octanol–water partition coefficient (Wildman–Crippen LogP) is 6.05. The average molecular weight is 399 g/mol. The Morgan fingerprint density at radius 3 is 2.62 bits per heavy atom. The first kappa shape index (κ1) is 17.7. The smallest absolute Gasteiger partial charge is 0.341 e. The van der Waals surface area contributed by atoms with Crippen molar-refractivity contribution in [2.45, 2.75) is 26.2 Å². The molecule has 0 fully saturated rings. The fourth-order valence-electron chi connectivity index (χ4n) is 3.67. The molecule has 2 heterocycles. The van der Waals surface area contributed by atoms with E-state index in [1.807, 2.05) is 13.0 Å². The van der Waals surface area contributed by atoms with E-state index in [2.05, 4.69) is 9.88 Å². The minimum Gasteiger partial charge on any atom is -0.341 e. The van der Waals surface area contributed by atoms with Crippen LogP contribution in [-0.2, 0) is 19.3 Å². The largest absolute Gasteiger partial charge is 0.417 e. The number of aryl methyl sites for hydroxylation is 1. The van der Waals surface area contributed by atoms with E-state index in [1.54, 1.807) is 12.1 Å². The maximum Gasteiger partial charge on any atom is 0.417 e. The van der Waals surface area contributed by atoms with Crippen LogP contribution in [0.4, 0.5) is 13.2 Å². The summed E-state index contributed by atoms with van der Waals surface area (Å²) in [7, 11) is 0. The Morgan fingerprint density at radius 1 is 1.12 bits per heavy atom. The second kappa shape index (κ2) is 6.19. The van der Waals surface area contributed by atoms with Gasteiger partial charge in [0.2, 0.25) is 0 Å². The molecule has 0 aliphatic carbocycles. The summed E-state index contributed by atoms with van der Waals surface area (Å²) in [6, 6.07) is 7.60. The molecular formula is C19H15Cl2F3N2. The molecule has 4 rings (SSSR count). The van der Waals surface area contributed by atoms with Gasteiger partial charge in [-0.05, 0) is 42.3 Å². The van der Waals surface area contributed by atoms with Crippen LogP contribution in [0.15, 0.2) is 30.3 Å². The summed E-state index contributed by atoms with van der Waals surface area (Å²) in [6.07, 6.45) is -4.51. The minimum absolute atomic E-state index is 0.308. The number of hydrogen-bond donors (Lipinski definition) is 1. The van der Waals surface area contributed by atoms with Crippen LogP contribution in [0.1, 0.15) is 16.8 Å². The Balaban J connectivity index is 2.04. The molecule has 0 atom stereocenters. The van der Waals surface area contributed by atoms with Crippen LogP contribution >= 0.6 is 23.2 Å². The van der Waals surface area contributed by atoms with E-state index in [0.717, 1.165) is 47.9 Å². The summed E-state index contributed by atoms with van der Waals surface area (Å²) < 4.78 is 42.0. The van der Waals surface area contributed by atoms with Gasteiger partial charge in [-0.3, -0.25) is 0 Å². The standard InChI is InChI=1S/C19H15Cl2F3N2/c1-10-13-7-12(20)8-14(18(13)26-5-4-25-9-17(10)26)11-2-3-16(21)15(6-11)19(22,23)24/h2-3,6-8,25H,4-5,9H2,1H3. The third-order valence-corrected chi connectivity index (χ3v) is 5.44. The lowest BCUT2D eigenvalue weighted by Crippen LogP contribution is -2.28. The van der Waals surface area contributed by atoms with Gasteiger partial charge in [-0.1, -0.05) is 29.3 Å². The summed E-state index contributed by atoms with van der Waals surface area (Å²) in [5.74, 6) is 0. The highest BCUT2D eigenvalue weighted by Gasteiger charge is 2.33. The maximum atomic E-state index is 13.3. The molecule has 136 valence electrons.